The first-order valence-corrected chi connectivity index (χ1v) is 47.1. The maximum atomic E-state index is 13.2. The minimum atomic E-state index is -0.261. The summed E-state index contributed by atoms with van der Waals surface area (Å²) in [5.41, 5.74) is 27.0. The number of pyridine rings is 4. The Morgan fingerprint density at radius 1 is 0.315 bits per heavy atom. The molecule has 0 amide bonds. The van der Waals surface area contributed by atoms with E-state index in [0.29, 0.717) is 5.76 Å². The normalized spacial score (nSPS) is 11.3. The number of hydrogen-bond donors (Lipinski definition) is 4. The van der Waals surface area contributed by atoms with E-state index < -0.39 is 0 Å². The summed E-state index contributed by atoms with van der Waals surface area (Å²) in [6.07, 6.45) is 12.1. The van der Waals surface area contributed by atoms with Crippen LogP contribution in [0.5, 0.6) is 0 Å². The molecule has 0 aliphatic rings. The summed E-state index contributed by atoms with van der Waals surface area (Å²) in [5.74, 6) is 2.76. The summed E-state index contributed by atoms with van der Waals surface area (Å²) in [4.78, 5) is 58.9. The molecule has 0 saturated heterocycles. The summed E-state index contributed by atoms with van der Waals surface area (Å²) in [6.45, 7) is 33.0. The van der Waals surface area contributed by atoms with Gasteiger partial charge in [0.15, 0.2) is 23.1 Å². The van der Waals surface area contributed by atoms with Gasteiger partial charge in [-0.2, -0.15) is 0 Å². The molecular weight excluding hydrogens is 2580 g/mol. The number of aliphatic hydroxyl groups is 4. The molecule has 21 rings (SSSR count). The Balaban J connectivity index is 0.000000185. The van der Waals surface area contributed by atoms with Crippen LogP contribution < -0.4 is 0 Å². The molecule has 0 saturated carbocycles. The third-order valence-electron chi connectivity index (χ3n) is 22.9. The number of aliphatic hydroxyl groups excluding tert-OH is 4. The van der Waals surface area contributed by atoms with Gasteiger partial charge in [0.2, 0.25) is 0 Å². The molecule has 21 aromatic rings. The van der Waals surface area contributed by atoms with Gasteiger partial charge in [-0.05, 0) is 198 Å². The molecule has 149 heavy (non-hydrogen) atoms. The Bertz CT molecular complexity index is 8300. The zero-order valence-electron chi connectivity index (χ0n) is 85.5. The van der Waals surface area contributed by atoms with Crippen LogP contribution in [0, 0.1) is 57.8 Å². The van der Waals surface area contributed by atoms with Crippen LogP contribution in [0.4, 0.5) is 4.39 Å². The Labute approximate surface area is 919 Å². The number of carbonyl (C=O) groups is 4. The van der Waals surface area contributed by atoms with Crippen molar-refractivity contribution in [3.05, 3.63) is 409 Å². The van der Waals surface area contributed by atoms with Crippen molar-refractivity contribution >= 4 is 111 Å². The maximum absolute atomic E-state index is 13.2. The van der Waals surface area contributed by atoms with E-state index in [-0.39, 0.29) is 143 Å². The number of para-hydroxylation sites is 2. The number of ketones is 4. The number of benzene rings is 11. The van der Waals surface area contributed by atoms with E-state index in [4.69, 9.17) is 56.9 Å². The van der Waals surface area contributed by atoms with Crippen LogP contribution in [0.2, 0.25) is 0 Å². The molecule has 0 spiro atoms. The van der Waals surface area contributed by atoms with Crippen molar-refractivity contribution in [2.45, 2.75) is 135 Å². The molecule has 23 heteroatoms. The molecule has 0 unspecified atom stereocenters. The Morgan fingerprint density at radius 2 is 0.658 bits per heavy atom. The van der Waals surface area contributed by atoms with E-state index in [1.807, 2.05) is 176 Å². The molecule has 11 aromatic carbocycles. The number of aryl methyl sites for hydroxylation is 4. The molecule has 0 aliphatic carbocycles. The fourth-order valence-corrected chi connectivity index (χ4v) is 16.4. The van der Waals surface area contributed by atoms with Crippen molar-refractivity contribution in [2.24, 2.45) is 0 Å². The molecule has 4 radical (unpaired) electrons. The van der Waals surface area contributed by atoms with Gasteiger partial charge in [-0.1, -0.05) is 223 Å². The summed E-state index contributed by atoms with van der Waals surface area (Å²) < 4.78 is 50.3. The Kier molecular flexibility index (Phi) is 40.6. The predicted octanol–water partition coefficient (Wildman–Crippen LogP) is 33.4. The van der Waals surface area contributed by atoms with Crippen LogP contribution in [0.1, 0.15) is 130 Å². The van der Waals surface area contributed by atoms with Crippen molar-refractivity contribution in [3.63, 3.8) is 0 Å². The van der Waals surface area contributed by atoms with Crippen molar-refractivity contribution in [2.75, 3.05) is 0 Å². The van der Waals surface area contributed by atoms with E-state index in [1.54, 1.807) is 12.1 Å². The second kappa shape index (κ2) is 52.2. The fraction of sp³-hybridized carbons (Fsp3) is 0.159. The smallest absolute Gasteiger partial charge is 0.155 e. The second-order valence-corrected chi connectivity index (χ2v) is 37.3. The first-order chi connectivity index (χ1) is 69.2. The third-order valence-corrected chi connectivity index (χ3v) is 22.9. The molecule has 0 aliphatic heterocycles. The van der Waals surface area contributed by atoms with Crippen molar-refractivity contribution in [1.82, 2.24) is 19.9 Å². The van der Waals surface area contributed by atoms with Crippen LogP contribution in [0.3, 0.4) is 0 Å². The summed E-state index contributed by atoms with van der Waals surface area (Å²) in [6, 6.07) is 103. The van der Waals surface area contributed by atoms with E-state index >= 15 is 0 Å². The number of allylic oxidation sites excluding steroid dienone is 8. The number of aromatic nitrogens is 4. The van der Waals surface area contributed by atoms with Crippen LogP contribution in [-0.4, -0.2) is 63.5 Å². The van der Waals surface area contributed by atoms with Gasteiger partial charge in [-0.3, -0.25) is 19.2 Å². The summed E-state index contributed by atoms with van der Waals surface area (Å²) in [5, 5.41) is 41.7. The zero-order chi connectivity index (χ0) is 104. The molecule has 766 valence electrons. The molecule has 0 atom stereocenters. The first-order valence-electron chi connectivity index (χ1n) is 47.1. The SMILES string of the molecule is CC(=O)C=C(C)O.CC(=O)C=C(C)O.CC(=O)C=C(C)O.CC(=O)C=C(C)O.Cc1[c-]c(-c2cc3oc(-c4ccc(F)cc4)cc3cn2)cc(C(C)(C)C)c1.Cc1[c-]c(-c2cc3oc(-c4ccccc4)c(-c4ccccc4)c3cn2)cc(C(C)(C)C)c1.Cc1cccc(C)c1-c1cc2cnc(-c3[c-]ccc4c3oc3ccccc34)cc2o1.[Ir].[Ir].[Ir].[Ir].[c-]1ccc2c(oc3ccccc32)c1-c1cc2oc(-c3ccccc3)cc2cn1. The van der Waals surface area contributed by atoms with Gasteiger partial charge in [0.05, 0.1) is 34.2 Å². The summed E-state index contributed by atoms with van der Waals surface area (Å²) >= 11 is 0. The maximum Gasteiger partial charge on any atom is 0.155 e. The molecular formula is C126H111FIr4N4O14-4. The second-order valence-electron chi connectivity index (χ2n) is 37.3. The zero-order valence-corrected chi connectivity index (χ0v) is 95.1. The number of nitrogens with zero attached hydrogens (tertiary/aromatic N) is 4. The van der Waals surface area contributed by atoms with Crippen LogP contribution in [0.15, 0.2) is 372 Å². The number of fused-ring (bicyclic) bond motifs is 10. The predicted molar refractivity (Wildman–Crippen MR) is 579 cm³/mol. The van der Waals surface area contributed by atoms with Gasteiger partial charge < -0.3 is 66.9 Å². The van der Waals surface area contributed by atoms with Gasteiger partial charge in [0.1, 0.15) is 62.4 Å². The van der Waals surface area contributed by atoms with E-state index in [9.17, 15) is 23.6 Å². The van der Waals surface area contributed by atoms with Crippen LogP contribution in [0.25, 0.3) is 189 Å². The fourth-order valence-electron chi connectivity index (χ4n) is 16.4. The topological polar surface area (TPSA) is 280 Å². The van der Waals surface area contributed by atoms with Gasteiger partial charge in [0.25, 0.3) is 0 Å². The molecule has 0 fully saturated rings. The van der Waals surface area contributed by atoms with E-state index in [2.05, 4.69) is 201 Å². The number of furan rings is 6. The minimum Gasteiger partial charge on any atom is -0.512 e. The van der Waals surface area contributed by atoms with Crippen LogP contribution in [-0.2, 0) is 110 Å². The quantitative estimate of drug-likeness (QED) is 0.0474. The standard InChI is InChI=1S/C30H26NO.C27H18NO2.C25H14NO2.C24H21FNO.4C5H8O2.4Ir/c1-20-15-23(17-24(16-20)30(2,3)4)26-18-27-25(19-31-26)28(21-11-7-5-8-12-21)29(32-27)22-13-9-6-10-14-22;1-16-7-5-8-17(2)26(16)25-13-18-15-28-22(14-24(18)29-25)21-11-6-10-20-19-9-3-4-12-23(19)30-27(20)21;1-2-7-16(8-3-1)23-13-17-15-26-21(14-24(17)27-23)20-11-6-10-19-18-9-4-5-12-22(18)28-25(19)20;1-15-9-17(11-19(10-15)24(2,3)4)21-13-23-18(14-26-21)12-22(27-23)16-5-7-20(25)8-6-16;4*1-4(6)3-5(2)7;;;;/h5-14,16-19H,1-4H3;3-10,12-15H,1-2H3;1-10,12-15H;5-8,10-14H,1-4H3;4*3,6H,1-2H3;;;;/q4*-1;;;;;;;;. The summed E-state index contributed by atoms with van der Waals surface area (Å²) in [7, 11) is 0. The molecule has 10 heterocycles. The van der Waals surface area contributed by atoms with Crippen LogP contribution >= 0.6 is 0 Å². The monoisotopic (exact) mass is 2690 g/mol. The molecule has 10 aromatic heterocycles. The Morgan fingerprint density at radius 3 is 1.05 bits per heavy atom. The average molecular weight is 2690 g/mol. The molecule has 4 N–H and O–H groups in total. The largest absolute Gasteiger partial charge is 0.512 e. The third kappa shape index (κ3) is 30.2. The molecule has 18 nitrogen and oxygen atoms in total. The number of halogens is 1. The first kappa shape index (κ1) is 116. The number of hydrogen-bond acceptors (Lipinski definition) is 18. The van der Waals surface area contributed by atoms with Gasteiger partial charge in [0, 0.05) is 190 Å². The van der Waals surface area contributed by atoms with Crippen molar-refractivity contribution in [1.29, 1.82) is 0 Å². The van der Waals surface area contributed by atoms with Gasteiger partial charge >= 0.3 is 0 Å². The number of rotatable bonds is 13. The van der Waals surface area contributed by atoms with Crippen molar-refractivity contribution in [3.8, 4) is 101 Å². The van der Waals surface area contributed by atoms with E-state index in [0.717, 1.165) is 195 Å². The minimum absolute atomic E-state index is 0. The average Bonchev–Trinajstić information content (AvgIpc) is 1.58. The van der Waals surface area contributed by atoms with Gasteiger partial charge in [-0.25, -0.2) is 4.39 Å². The number of carbonyl (C=O) groups excluding carboxylic acids is 4. The van der Waals surface area contributed by atoms with Crippen molar-refractivity contribution < 1.29 is 151 Å². The Hall–Kier alpha value is -14.9. The molecule has 0 bridgehead atoms. The van der Waals surface area contributed by atoms with Gasteiger partial charge in [-0.15, -0.1) is 106 Å². The van der Waals surface area contributed by atoms with E-state index in [1.165, 1.54) is 114 Å².